The van der Waals surface area contributed by atoms with Crippen molar-refractivity contribution < 1.29 is 9.59 Å². The number of hydrogen-bond acceptors (Lipinski definition) is 4. The molecule has 2 heterocycles. The van der Waals surface area contributed by atoms with Gasteiger partial charge in [-0.05, 0) is 13.8 Å². The molecule has 1 aliphatic rings. The van der Waals surface area contributed by atoms with Gasteiger partial charge in [-0.2, -0.15) is 0 Å². The predicted octanol–water partition coefficient (Wildman–Crippen LogP) is 0.0247. The van der Waals surface area contributed by atoms with Gasteiger partial charge in [0.05, 0.1) is 0 Å². The topological polar surface area (TPSA) is 68.1 Å². The highest BCUT2D eigenvalue weighted by atomic mass is 16.2. The Kier molecular flexibility index (Phi) is 1.92. The third-order valence-corrected chi connectivity index (χ3v) is 2.50. The Morgan fingerprint density at radius 3 is 2.07 bits per heavy atom. The minimum absolute atomic E-state index is 0.251. The fourth-order valence-electron chi connectivity index (χ4n) is 1.41. The summed E-state index contributed by atoms with van der Waals surface area (Å²) in [6, 6.07) is 0. The Hall–Kier alpha value is -1.98. The molecule has 0 unspecified atom stereocenters. The molecule has 0 radical (unpaired) electrons. The number of rotatable bonds is 1. The lowest BCUT2D eigenvalue weighted by Gasteiger charge is -2.12. The largest absolute Gasteiger partial charge is 0.302 e. The van der Waals surface area contributed by atoms with Crippen LogP contribution in [0.1, 0.15) is 13.8 Å². The molecule has 1 aromatic rings. The first kappa shape index (κ1) is 9.57. The van der Waals surface area contributed by atoms with E-state index in [2.05, 4.69) is 10.2 Å². The van der Waals surface area contributed by atoms with Gasteiger partial charge in [-0.1, -0.05) is 0 Å². The van der Waals surface area contributed by atoms with E-state index in [1.807, 2.05) is 0 Å². The molecule has 0 saturated heterocycles. The van der Waals surface area contributed by atoms with Crippen molar-refractivity contribution in [3.05, 3.63) is 17.5 Å². The zero-order valence-electron chi connectivity index (χ0n) is 8.68. The zero-order valence-corrected chi connectivity index (χ0v) is 8.68. The van der Waals surface area contributed by atoms with Crippen LogP contribution in [0.3, 0.4) is 0 Å². The fourth-order valence-corrected chi connectivity index (χ4v) is 1.41. The maximum Gasteiger partial charge on any atom is 0.263 e. The first-order chi connectivity index (χ1) is 7.04. The third kappa shape index (κ3) is 1.18. The molecule has 2 amide bonds. The molecule has 0 atom stereocenters. The van der Waals surface area contributed by atoms with Crippen molar-refractivity contribution in [1.29, 1.82) is 0 Å². The third-order valence-electron chi connectivity index (χ3n) is 2.50. The van der Waals surface area contributed by atoms with Crippen LogP contribution in [0.4, 0.5) is 5.95 Å². The molecule has 78 valence electrons. The summed E-state index contributed by atoms with van der Waals surface area (Å²) in [6.45, 7) is 3.26. The molecule has 0 fully saturated rings. The van der Waals surface area contributed by atoms with Crippen molar-refractivity contribution >= 4 is 17.8 Å². The van der Waals surface area contributed by atoms with Crippen LogP contribution >= 0.6 is 0 Å². The Labute approximate surface area is 86.2 Å². The molecule has 1 aliphatic heterocycles. The molecule has 0 bridgehead atoms. The van der Waals surface area contributed by atoms with Crippen LogP contribution in [0.25, 0.3) is 0 Å². The minimum Gasteiger partial charge on any atom is -0.302 e. The van der Waals surface area contributed by atoms with E-state index in [1.54, 1.807) is 20.9 Å². The normalized spacial score (nSPS) is 16.9. The van der Waals surface area contributed by atoms with Gasteiger partial charge in [0.25, 0.3) is 11.8 Å². The summed E-state index contributed by atoms with van der Waals surface area (Å²) >= 11 is 0. The number of carbonyl (C=O) groups excluding carboxylic acids is 2. The van der Waals surface area contributed by atoms with Crippen LogP contribution < -0.4 is 4.90 Å². The number of aryl methyl sites for hydroxylation is 1. The van der Waals surface area contributed by atoms with E-state index in [4.69, 9.17) is 0 Å². The monoisotopic (exact) mass is 206 g/mol. The number of imide groups is 1. The average Bonchev–Trinajstić information content (AvgIpc) is 2.68. The Bertz CT molecular complexity index is 462. The first-order valence-electron chi connectivity index (χ1n) is 4.44. The first-order valence-corrected chi connectivity index (χ1v) is 4.44. The number of aromatic nitrogens is 3. The Morgan fingerprint density at radius 1 is 1.13 bits per heavy atom. The molecule has 1 aromatic heterocycles. The number of amides is 2. The van der Waals surface area contributed by atoms with Crippen molar-refractivity contribution in [2.45, 2.75) is 13.8 Å². The molecule has 0 spiro atoms. The van der Waals surface area contributed by atoms with Crippen molar-refractivity contribution in [3.8, 4) is 0 Å². The van der Waals surface area contributed by atoms with Crippen molar-refractivity contribution in [2.24, 2.45) is 7.05 Å². The molecule has 0 N–H and O–H groups in total. The SMILES string of the molecule is CC1=C(C)C(=O)N(c2nncn2C)C1=O. The quantitative estimate of drug-likeness (QED) is 0.608. The Morgan fingerprint density at radius 2 is 1.67 bits per heavy atom. The molecular formula is C9H10N4O2. The lowest BCUT2D eigenvalue weighted by atomic mass is 10.2. The highest BCUT2D eigenvalue weighted by Crippen LogP contribution is 2.23. The summed E-state index contributed by atoms with van der Waals surface area (Å²) in [4.78, 5) is 24.5. The highest BCUT2D eigenvalue weighted by molar-refractivity contribution is 6.31. The summed E-state index contributed by atoms with van der Waals surface area (Å²) in [5, 5.41) is 7.37. The number of nitrogens with zero attached hydrogens (tertiary/aromatic N) is 4. The van der Waals surface area contributed by atoms with E-state index < -0.39 is 0 Å². The van der Waals surface area contributed by atoms with Crippen LogP contribution in [0.5, 0.6) is 0 Å². The minimum atomic E-state index is -0.325. The maximum atomic E-state index is 11.7. The van der Waals surface area contributed by atoms with Gasteiger partial charge in [0, 0.05) is 18.2 Å². The van der Waals surface area contributed by atoms with Crippen LogP contribution in [0, 0.1) is 0 Å². The van der Waals surface area contributed by atoms with Crippen LogP contribution in [0.2, 0.25) is 0 Å². The van der Waals surface area contributed by atoms with Gasteiger partial charge in [0.1, 0.15) is 6.33 Å². The van der Waals surface area contributed by atoms with E-state index in [1.165, 1.54) is 10.9 Å². The predicted molar refractivity (Wildman–Crippen MR) is 51.9 cm³/mol. The molecule has 0 aliphatic carbocycles. The lowest BCUT2D eigenvalue weighted by Crippen LogP contribution is -2.33. The number of anilines is 1. The highest BCUT2D eigenvalue weighted by Gasteiger charge is 2.36. The summed E-state index contributed by atoms with van der Waals surface area (Å²) < 4.78 is 1.53. The lowest BCUT2D eigenvalue weighted by molar-refractivity contribution is -0.120. The van der Waals surface area contributed by atoms with Gasteiger partial charge >= 0.3 is 0 Å². The molecule has 15 heavy (non-hydrogen) atoms. The molecule has 6 nitrogen and oxygen atoms in total. The average molecular weight is 206 g/mol. The van der Waals surface area contributed by atoms with Gasteiger partial charge in [0.15, 0.2) is 0 Å². The van der Waals surface area contributed by atoms with Crippen molar-refractivity contribution in [2.75, 3.05) is 4.90 Å². The zero-order chi connectivity index (χ0) is 11.2. The fraction of sp³-hybridized carbons (Fsp3) is 0.333. The number of hydrogen-bond donors (Lipinski definition) is 0. The van der Waals surface area contributed by atoms with Gasteiger partial charge in [-0.15, -0.1) is 10.2 Å². The smallest absolute Gasteiger partial charge is 0.263 e. The summed E-state index contributed by atoms with van der Waals surface area (Å²) in [5.74, 6) is -0.400. The van der Waals surface area contributed by atoms with Crippen molar-refractivity contribution in [3.63, 3.8) is 0 Å². The number of carbonyl (C=O) groups is 2. The molecule has 2 rings (SSSR count). The summed E-state index contributed by atoms with van der Waals surface area (Å²) in [7, 11) is 1.68. The van der Waals surface area contributed by atoms with Gasteiger partial charge < -0.3 is 4.57 Å². The molecule has 6 heteroatoms. The van der Waals surface area contributed by atoms with E-state index in [0.29, 0.717) is 11.1 Å². The summed E-state index contributed by atoms with van der Waals surface area (Å²) in [6.07, 6.45) is 1.44. The van der Waals surface area contributed by atoms with Crippen LogP contribution in [0.15, 0.2) is 17.5 Å². The second-order valence-electron chi connectivity index (χ2n) is 3.44. The van der Waals surface area contributed by atoms with Gasteiger partial charge in [0.2, 0.25) is 5.95 Å². The second kappa shape index (κ2) is 3.01. The molecular weight excluding hydrogens is 196 g/mol. The van der Waals surface area contributed by atoms with E-state index >= 15 is 0 Å². The van der Waals surface area contributed by atoms with Crippen molar-refractivity contribution in [1.82, 2.24) is 14.8 Å². The van der Waals surface area contributed by atoms with E-state index in [0.717, 1.165) is 4.90 Å². The summed E-state index contributed by atoms with van der Waals surface area (Å²) in [5.41, 5.74) is 0.922. The second-order valence-corrected chi connectivity index (χ2v) is 3.44. The standard InChI is InChI=1S/C9H10N4O2/c1-5-6(2)8(15)13(7(5)14)9-11-10-4-12(9)3/h4H,1-3H3. The molecule has 0 saturated carbocycles. The van der Waals surface area contributed by atoms with Crippen LogP contribution in [-0.2, 0) is 16.6 Å². The van der Waals surface area contributed by atoms with Gasteiger partial charge in [-0.3, -0.25) is 9.59 Å². The van der Waals surface area contributed by atoms with Gasteiger partial charge in [-0.25, -0.2) is 4.90 Å². The maximum absolute atomic E-state index is 11.7. The van der Waals surface area contributed by atoms with E-state index in [9.17, 15) is 9.59 Å². The molecule has 0 aromatic carbocycles. The Balaban J connectivity index is 2.48. The van der Waals surface area contributed by atoms with E-state index in [-0.39, 0.29) is 17.8 Å². The van der Waals surface area contributed by atoms with Crippen LogP contribution in [-0.4, -0.2) is 26.6 Å².